The quantitative estimate of drug-likeness (QED) is 0.343. The van der Waals surface area contributed by atoms with Gasteiger partial charge < -0.3 is 34.3 Å². The maximum atomic E-state index is 13.6. The van der Waals surface area contributed by atoms with Gasteiger partial charge in [0.15, 0.2) is 16.9 Å². The summed E-state index contributed by atoms with van der Waals surface area (Å²) in [6, 6.07) is 16.1. The Hall–Kier alpha value is -4.50. The molecule has 1 fully saturated rings. The number of benzene rings is 3. The molecule has 0 unspecified atom stereocenters. The van der Waals surface area contributed by atoms with E-state index in [-0.39, 0.29) is 51.9 Å². The SMILES string of the molecule is COc1cc([C@H](CC(=O)N2CCN(C)CC2)c2c(O)cc(O)c3c(=O)cc(-c4ccccc4)oc23)ccc1O. The predicted molar refractivity (Wildman–Crippen MR) is 146 cm³/mol. The number of ether oxygens (including phenoxy) is 1. The summed E-state index contributed by atoms with van der Waals surface area (Å²) in [6.45, 7) is 2.62. The molecule has 1 amide bonds. The van der Waals surface area contributed by atoms with Gasteiger partial charge in [0.25, 0.3) is 0 Å². The van der Waals surface area contributed by atoms with E-state index in [4.69, 9.17) is 9.15 Å². The van der Waals surface area contributed by atoms with Crippen LogP contribution in [0.25, 0.3) is 22.3 Å². The van der Waals surface area contributed by atoms with Crippen LogP contribution in [-0.2, 0) is 4.79 Å². The van der Waals surface area contributed by atoms with Crippen LogP contribution in [-0.4, -0.2) is 71.4 Å². The fraction of sp³-hybridized carbons (Fsp3) is 0.267. The summed E-state index contributed by atoms with van der Waals surface area (Å²) in [7, 11) is 3.42. The van der Waals surface area contributed by atoms with Crippen LogP contribution in [0.4, 0.5) is 0 Å². The second-order valence-corrected chi connectivity index (χ2v) is 9.75. The first-order valence-electron chi connectivity index (χ1n) is 12.7. The molecule has 4 aromatic rings. The van der Waals surface area contributed by atoms with E-state index < -0.39 is 17.1 Å². The first-order chi connectivity index (χ1) is 18.8. The Kier molecular flexibility index (Phi) is 7.17. The van der Waals surface area contributed by atoms with Crippen molar-refractivity contribution in [1.29, 1.82) is 0 Å². The third kappa shape index (κ3) is 5.13. The van der Waals surface area contributed by atoms with Crippen molar-refractivity contribution in [2.24, 2.45) is 0 Å². The number of hydrogen-bond donors (Lipinski definition) is 3. The molecule has 1 atom stereocenters. The zero-order valence-corrected chi connectivity index (χ0v) is 21.8. The van der Waals surface area contributed by atoms with Gasteiger partial charge in [0.05, 0.1) is 7.11 Å². The van der Waals surface area contributed by atoms with Crippen LogP contribution in [0.1, 0.15) is 23.5 Å². The van der Waals surface area contributed by atoms with E-state index >= 15 is 0 Å². The monoisotopic (exact) mass is 530 g/mol. The number of hydrogen-bond acceptors (Lipinski definition) is 8. The van der Waals surface area contributed by atoms with Crippen molar-refractivity contribution in [2.75, 3.05) is 40.3 Å². The number of piperazine rings is 1. The molecular formula is C30H30N2O7. The lowest BCUT2D eigenvalue weighted by atomic mass is 9.85. The molecule has 0 saturated carbocycles. The van der Waals surface area contributed by atoms with Crippen LogP contribution < -0.4 is 10.2 Å². The third-order valence-electron chi connectivity index (χ3n) is 7.25. The molecule has 2 heterocycles. The minimum Gasteiger partial charge on any atom is -0.507 e. The zero-order chi connectivity index (χ0) is 27.7. The molecule has 9 heteroatoms. The van der Waals surface area contributed by atoms with E-state index in [9.17, 15) is 24.9 Å². The largest absolute Gasteiger partial charge is 0.507 e. The lowest BCUT2D eigenvalue weighted by Gasteiger charge is -2.33. The molecule has 0 radical (unpaired) electrons. The van der Waals surface area contributed by atoms with E-state index in [0.717, 1.165) is 19.2 Å². The number of phenolic OH excluding ortho intramolecular Hbond substituents is 3. The number of amides is 1. The summed E-state index contributed by atoms with van der Waals surface area (Å²) >= 11 is 0. The van der Waals surface area contributed by atoms with Gasteiger partial charge >= 0.3 is 0 Å². The van der Waals surface area contributed by atoms with Crippen molar-refractivity contribution >= 4 is 16.9 Å². The highest BCUT2D eigenvalue weighted by Crippen LogP contribution is 2.44. The number of phenols is 3. The predicted octanol–water partition coefficient (Wildman–Crippen LogP) is 3.88. The lowest BCUT2D eigenvalue weighted by Crippen LogP contribution is -2.47. The Bertz CT molecular complexity index is 1570. The van der Waals surface area contributed by atoms with Crippen LogP contribution >= 0.6 is 0 Å². The molecule has 3 N–H and O–H groups in total. The van der Waals surface area contributed by atoms with Gasteiger partial charge in [-0.25, -0.2) is 0 Å². The number of carbonyl (C=O) groups excluding carboxylic acids is 1. The molecule has 1 aliphatic heterocycles. The molecule has 3 aromatic carbocycles. The number of likely N-dealkylation sites (N-methyl/N-ethyl adjacent to an activating group) is 1. The van der Waals surface area contributed by atoms with Gasteiger partial charge in [-0.15, -0.1) is 0 Å². The van der Waals surface area contributed by atoms with Crippen molar-refractivity contribution in [1.82, 2.24) is 9.80 Å². The Balaban J connectivity index is 1.71. The first-order valence-corrected chi connectivity index (χ1v) is 12.7. The summed E-state index contributed by atoms with van der Waals surface area (Å²) < 4.78 is 11.5. The van der Waals surface area contributed by atoms with Crippen molar-refractivity contribution in [3.8, 4) is 34.3 Å². The number of nitrogens with zero attached hydrogens (tertiary/aromatic N) is 2. The number of fused-ring (bicyclic) bond motifs is 1. The van der Waals surface area contributed by atoms with E-state index in [2.05, 4.69) is 4.90 Å². The maximum Gasteiger partial charge on any atom is 0.223 e. The summed E-state index contributed by atoms with van der Waals surface area (Å²) in [4.78, 5) is 30.7. The van der Waals surface area contributed by atoms with Gasteiger partial charge in [-0.1, -0.05) is 36.4 Å². The molecule has 202 valence electrons. The van der Waals surface area contributed by atoms with E-state index in [0.29, 0.717) is 24.2 Å². The van der Waals surface area contributed by atoms with Crippen LogP contribution in [0.2, 0.25) is 0 Å². The van der Waals surface area contributed by atoms with E-state index in [1.807, 2.05) is 13.1 Å². The number of methoxy groups -OCH3 is 1. The van der Waals surface area contributed by atoms with Crippen molar-refractivity contribution in [3.05, 3.63) is 82.0 Å². The second kappa shape index (κ2) is 10.7. The molecular weight excluding hydrogens is 500 g/mol. The highest BCUT2D eigenvalue weighted by atomic mass is 16.5. The molecule has 0 aliphatic carbocycles. The number of carbonyl (C=O) groups is 1. The zero-order valence-electron chi connectivity index (χ0n) is 21.8. The highest BCUT2D eigenvalue weighted by Gasteiger charge is 2.30. The smallest absolute Gasteiger partial charge is 0.223 e. The lowest BCUT2D eigenvalue weighted by molar-refractivity contribution is -0.133. The molecule has 1 aliphatic rings. The van der Waals surface area contributed by atoms with Crippen molar-refractivity contribution < 1.29 is 29.3 Å². The summed E-state index contributed by atoms with van der Waals surface area (Å²) in [6.07, 6.45) is -0.0512. The Morgan fingerprint density at radius 1 is 0.949 bits per heavy atom. The molecule has 1 saturated heterocycles. The molecule has 0 spiro atoms. The van der Waals surface area contributed by atoms with Crippen LogP contribution in [0, 0.1) is 0 Å². The Morgan fingerprint density at radius 2 is 1.67 bits per heavy atom. The third-order valence-corrected chi connectivity index (χ3v) is 7.25. The molecule has 1 aromatic heterocycles. The molecule has 5 rings (SSSR count). The normalized spacial score (nSPS) is 14.9. The van der Waals surface area contributed by atoms with Gasteiger partial charge in [-0.3, -0.25) is 9.59 Å². The average Bonchev–Trinajstić information content (AvgIpc) is 2.93. The molecule has 39 heavy (non-hydrogen) atoms. The Morgan fingerprint density at radius 3 is 2.36 bits per heavy atom. The molecule has 9 nitrogen and oxygen atoms in total. The fourth-order valence-corrected chi connectivity index (χ4v) is 5.06. The van der Waals surface area contributed by atoms with Crippen LogP contribution in [0.5, 0.6) is 23.0 Å². The van der Waals surface area contributed by atoms with Crippen LogP contribution in [0.3, 0.4) is 0 Å². The topological polar surface area (TPSA) is 124 Å². The number of aromatic hydroxyl groups is 3. The summed E-state index contributed by atoms with van der Waals surface area (Å²) in [5, 5.41) is 31.9. The van der Waals surface area contributed by atoms with Gasteiger partial charge in [0.2, 0.25) is 5.91 Å². The average molecular weight is 531 g/mol. The Labute approximate surface area is 225 Å². The van der Waals surface area contributed by atoms with Crippen molar-refractivity contribution in [2.45, 2.75) is 12.3 Å². The minimum absolute atomic E-state index is 0.0120. The maximum absolute atomic E-state index is 13.6. The highest BCUT2D eigenvalue weighted by molar-refractivity contribution is 5.91. The van der Waals surface area contributed by atoms with Crippen LogP contribution in [0.15, 0.2) is 69.9 Å². The van der Waals surface area contributed by atoms with E-state index in [1.165, 1.54) is 19.2 Å². The fourth-order valence-electron chi connectivity index (χ4n) is 5.06. The van der Waals surface area contributed by atoms with E-state index in [1.54, 1.807) is 41.3 Å². The summed E-state index contributed by atoms with van der Waals surface area (Å²) in [5.74, 6) is -1.30. The number of rotatable bonds is 6. The second-order valence-electron chi connectivity index (χ2n) is 9.75. The standard InChI is InChI=1S/C30H30N2O7/c1-31-10-12-32(13-11-31)27(37)15-20(19-8-9-21(33)26(14-19)38-2)28-22(34)16-23(35)29-24(36)17-25(39-30(28)29)18-6-4-3-5-7-18/h3-9,14,16-17,20,33-35H,10-13,15H2,1-2H3/t20-/m0/s1. The van der Waals surface area contributed by atoms with Gasteiger partial charge in [-0.2, -0.15) is 0 Å². The van der Waals surface area contributed by atoms with Gasteiger partial charge in [0.1, 0.15) is 28.2 Å². The van der Waals surface area contributed by atoms with Crippen molar-refractivity contribution in [3.63, 3.8) is 0 Å². The summed E-state index contributed by atoms with van der Waals surface area (Å²) in [5.41, 5.74) is 0.889. The van der Waals surface area contributed by atoms with Gasteiger partial charge in [0, 0.05) is 61.8 Å². The first kappa shape index (κ1) is 26.1. The van der Waals surface area contributed by atoms with Gasteiger partial charge in [-0.05, 0) is 24.7 Å². The minimum atomic E-state index is -0.788. The molecule has 0 bridgehead atoms.